The maximum Gasteiger partial charge on any atom is 0.319 e. The lowest BCUT2D eigenvalue weighted by atomic mass is 10.1. The van der Waals surface area contributed by atoms with Crippen LogP contribution in [0, 0.1) is 0 Å². The molecular weight excluding hydrogens is 334 g/mol. The number of amides is 3. The number of carbonyl (C=O) groups is 2. The average molecular weight is 353 g/mol. The molecule has 0 aromatic heterocycles. The highest BCUT2D eigenvalue weighted by Gasteiger charge is 2.24. The molecule has 2 aliphatic heterocycles. The van der Waals surface area contributed by atoms with Crippen molar-refractivity contribution in [2.45, 2.75) is 25.6 Å². The lowest BCUT2D eigenvalue weighted by molar-refractivity contribution is -0.122. The van der Waals surface area contributed by atoms with Gasteiger partial charge in [0.05, 0.1) is 12.2 Å². The standard InChI is InChI=1S/C19H19N3O4/c1-11-18(23)22-15-9-13(6-7-17(15)25-11)21-19(24)20-10-14-8-12-4-2-3-5-16(12)26-14/h2-7,9,11,14H,8,10H2,1H3,(H,22,23)(H2,20,21,24)/t11-,14-/m1/s1. The molecule has 134 valence electrons. The molecule has 7 heteroatoms. The molecule has 2 aromatic carbocycles. The molecule has 0 bridgehead atoms. The Hall–Kier alpha value is -3.22. The van der Waals surface area contributed by atoms with E-state index in [-0.39, 0.29) is 18.0 Å². The molecule has 3 amide bonds. The summed E-state index contributed by atoms with van der Waals surface area (Å²) in [6.45, 7) is 2.09. The van der Waals surface area contributed by atoms with Gasteiger partial charge in [0.1, 0.15) is 17.6 Å². The zero-order valence-corrected chi connectivity index (χ0v) is 14.2. The van der Waals surface area contributed by atoms with Crippen LogP contribution in [0.25, 0.3) is 0 Å². The van der Waals surface area contributed by atoms with Gasteiger partial charge in [0.2, 0.25) is 0 Å². The molecule has 4 rings (SSSR count). The van der Waals surface area contributed by atoms with Crippen LogP contribution in [0.1, 0.15) is 12.5 Å². The second-order valence-corrected chi connectivity index (χ2v) is 6.35. The third-order valence-electron chi connectivity index (χ3n) is 4.37. The monoisotopic (exact) mass is 353 g/mol. The lowest BCUT2D eigenvalue weighted by Gasteiger charge is -2.23. The van der Waals surface area contributed by atoms with Crippen molar-refractivity contribution in [3.05, 3.63) is 48.0 Å². The summed E-state index contributed by atoms with van der Waals surface area (Å²) in [7, 11) is 0. The Bertz CT molecular complexity index is 843. The van der Waals surface area contributed by atoms with Gasteiger partial charge in [-0.2, -0.15) is 0 Å². The van der Waals surface area contributed by atoms with Crippen LogP contribution in [0.5, 0.6) is 11.5 Å². The Labute approximate surface area is 150 Å². The fourth-order valence-electron chi connectivity index (χ4n) is 3.04. The second-order valence-electron chi connectivity index (χ2n) is 6.35. The van der Waals surface area contributed by atoms with Crippen LogP contribution < -0.4 is 25.4 Å². The van der Waals surface area contributed by atoms with Gasteiger partial charge >= 0.3 is 6.03 Å². The second kappa shape index (κ2) is 6.59. The predicted molar refractivity (Wildman–Crippen MR) is 96.7 cm³/mol. The molecule has 7 nitrogen and oxygen atoms in total. The van der Waals surface area contributed by atoms with E-state index in [0.29, 0.717) is 23.7 Å². The van der Waals surface area contributed by atoms with Crippen LogP contribution in [0.15, 0.2) is 42.5 Å². The molecule has 2 heterocycles. The van der Waals surface area contributed by atoms with Gasteiger partial charge in [-0.15, -0.1) is 0 Å². The van der Waals surface area contributed by atoms with Crippen molar-refractivity contribution in [3.63, 3.8) is 0 Å². The summed E-state index contributed by atoms with van der Waals surface area (Å²) in [5, 5.41) is 8.32. The minimum atomic E-state index is -0.528. The van der Waals surface area contributed by atoms with E-state index in [9.17, 15) is 9.59 Å². The van der Waals surface area contributed by atoms with Gasteiger partial charge < -0.3 is 25.4 Å². The highest BCUT2D eigenvalue weighted by Crippen LogP contribution is 2.32. The first-order valence-electron chi connectivity index (χ1n) is 8.49. The van der Waals surface area contributed by atoms with Crippen LogP contribution in [-0.4, -0.2) is 30.7 Å². The summed E-state index contributed by atoms with van der Waals surface area (Å²) in [5.41, 5.74) is 2.26. The third-order valence-corrected chi connectivity index (χ3v) is 4.37. The van der Waals surface area contributed by atoms with Crippen molar-refractivity contribution in [1.29, 1.82) is 0 Å². The number of nitrogens with one attached hydrogen (secondary N) is 3. The molecule has 2 atom stereocenters. The number of rotatable bonds is 3. The van der Waals surface area contributed by atoms with E-state index in [4.69, 9.17) is 9.47 Å². The lowest BCUT2D eigenvalue weighted by Crippen LogP contribution is -2.37. The van der Waals surface area contributed by atoms with Gasteiger partial charge in [-0.1, -0.05) is 18.2 Å². The largest absolute Gasteiger partial charge is 0.488 e. The molecule has 0 saturated heterocycles. The SMILES string of the molecule is C[C@H]1Oc2ccc(NC(=O)NC[C@H]3Cc4ccccc4O3)cc2NC1=O. The Kier molecular flexibility index (Phi) is 4.12. The van der Waals surface area contributed by atoms with Gasteiger partial charge in [-0.25, -0.2) is 4.79 Å². The number of fused-ring (bicyclic) bond motifs is 2. The zero-order chi connectivity index (χ0) is 18.1. The number of benzene rings is 2. The van der Waals surface area contributed by atoms with Crippen molar-refractivity contribution in [2.75, 3.05) is 17.2 Å². The van der Waals surface area contributed by atoms with Crippen molar-refractivity contribution in [2.24, 2.45) is 0 Å². The highest BCUT2D eigenvalue weighted by molar-refractivity contribution is 5.99. The Balaban J connectivity index is 1.32. The van der Waals surface area contributed by atoms with E-state index in [0.717, 1.165) is 17.7 Å². The van der Waals surface area contributed by atoms with Crippen molar-refractivity contribution in [3.8, 4) is 11.5 Å². The van der Waals surface area contributed by atoms with Crippen LogP contribution in [0.4, 0.5) is 16.2 Å². The number of urea groups is 1. The molecule has 2 aromatic rings. The molecule has 0 unspecified atom stereocenters. The van der Waals surface area contributed by atoms with Gasteiger partial charge in [-0.05, 0) is 36.8 Å². The van der Waals surface area contributed by atoms with Crippen LogP contribution in [-0.2, 0) is 11.2 Å². The molecule has 0 aliphatic carbocycles. The van der Waals surface area contributed by atoms with Crippen LogP contribution in [0.2, 0.25) is 0 Å². The summed E-state index contributed by atoms with van der Waals surface area (Å²) < 4.78 is 11.3. The molecule has 3 N–H and O–H groups in total. The predicted octanol–water partition coefficient (Wildman–Crippen LogP) is 2.53. The number of anilines is 2. The quantitative estimate of drug-likeness (QED) is 0.791. The Morgan fingerprint density at radius 3 is 2.88 bits per heavy atom. The molecule has 26 heavy (non-hydrogen) atoms. The molecule has 0 saturated carbocycles. The summed E-state index contributed by atoms with van der Waals surface area (Å²) >= 11 is 0. The van der Waals surface area contributed by atoms with E-state index in [1.807, 2.05) is 24.3 Å². The number of carbonyl (C=O) groups excluding carboxylic acids is 2. The molecule has 2 aliphatic rings. The first kappa shape index (κ1) is 16.3. The minimum Gasteiger partial charge on any atom is -0.488 e. The van der Waals surface area contributed by atoms with E-state index >= 15 is 0 Å². The maximum atomic E-state index is 12.1. The zero-order valence-electron chi connectivity index (χ0n) is 14.2. The van der Waals surface area contributed by atoms with Gasteiger partial charge in [0.15, 0.2) is 6.10 Å². The van der Waals surface area contributed by atoms with E-state index in [1.54, 1.807) is 25.1 Å². The summed E-state index contributed by atoms with van der Waals surface area (Å²) in [4.78, 5) is 23.8. The number of para-hydroxylation sites is 1. The number of hydrogen-bond acceptors (Lipinski definition) is 4. The normalized spacial score (nSPS) is 20.1. The molecular formula is C19H19N3O4. The van der Waals surface area contributed by atoms with E-state index < -0.39 is 6.10 Å². The highest BCUT2D eigenvalue weighted by atomic mass is 16.5. The fourth-order valence-corrected chi connectivity index (χ4v) is 3.04. The van der Waals surface area contributed by atoms with Gasteiger partial charge in [0.25, 0.3) is 5.91 Å². The summed E-state index contributed by atoms with van der Waals surface area (Å²) in [6.07, 6.45) is 0.174. The number of ether oxygens (including phenoxy) is 2. The molecule has 0 spiro atoms. The fraction of sp³-hybridized carbons (Fsp3) is 0.263. The van der Waals surface area contributed by atoms with Crippen molar-refractivity contribution >= 4 is 23.3 Å². The van der Waals surface area contributed by atoms with E-state index in [2.05, 4.69) is 16.0 Å². The summed E-state index contributed by atoms with van der Waals surface area (Å²) in [6, 6.07) is 12.6. The number of hydrogen-bond donors (Lipinski definition) is 3. The molecule has 0 fully saturated rings. The van der Waals surface area contributed by atoms with Gasteiger partial charge in [0, 0.05) is 12.1 Å². The Morgan fingerprint density at radius 2 is 2.04 bits per heavy atom. The third kappa shape index (κ3) is 3.28. The van der Waals surface area contributed by atoms with Crippen molar-refractivity contribution in [1.82, 2.24) is 5.32 Å². The van der Waals surface area contributed by atoms with Crippen LogP contribution >= 0.6 is 0 Å². The van der Waals surface area contributed by atoms with E-state index in [1.165, 1.54) is 0 Å². The Morgan fingerprint density at radius 1 is 1.19 bits per heavy atom. The maximum absolute atomic E-state index is 12.1. The summed E-state index contributed by atoms with van der Waals surface area (Å²) in [5.74, 6) is 1.25. The molecule has 0 radical (unpaired) electrons. The topological polar surface area (TPSA) is 88.7 Å². The smallest absolute Gasteiger partial charge is 0.319 e. The first-order chi connectivity index (χ1) is 12.6. The first-order valence-corrected chi connectivity index (χ1v) is 8.49. The van der Waals surface area contributed by atoms with Gasteiger partial charge in [-0.3, -0.25) is 4.79 Å². The minimum absolute atomic E-state index is 0.0733. The van der Waals surface area contributed by atoms with Crippen LogP contribution in [0.3, 0.4) is 0 Å². The van der Waals surface area contributed by atoms with Crippen molar-refractivity contribution < 1.29 is 19.1 Å². The average Bonchev–Trinajstić information content (AvgIpc) is 3.04.